The zero-order valence-electron chi connectivity index (χ0n) is 13.7. The molecule has 1 unspecified atom stereocenters. The van der Waals surface area contributed by atoms with E-state index in [2.05, 4.69) is 20.9 Å². The zero-order chi connectivity index (χ0) is 15.6. The number of pyridine rings is 1. The van der Waals surface area contributed by atoms with Crippen molar-refractivity contribution in [1.82, 2.24) is 9.88 Å². The van der Waals surface area contributed by atoms with Gasteiger partial charge in [0, 0.05) is 43.9 Å². The fraction of sp³-hybridized carbons (Fsp3) is 0.600. The van der Waals surface area contributed by atoms with Crippen molar-refractivity contribution >= 4 is 52.5 Å². The highest BCUT2D eigenvalue weighted by Crippen LogP contribution is 2.25. The minimum atomic E-state index is 0. The summed E-state index contributed by atoms with van der Waals surface area (Å²) in [6, 6.07) is 2.05. The lowest BCUT2D eigenvalue weighted by Gasteiger charge is -2.34. The molecule has 5 nitrogen and oxygen atoms in total. The van der Waals surface area contributed by atoms with E-state index >= 15 is 0 Å². The quantitative estimate of drug-likeness (QED) is 0.805. The molecular formula is C15H25BrCl2N4O. The minimum absolute atomic E-state index is 0. The minimum Gasteiger partial charge on any atom is -0.362 e. The first-order valence-corrected chi connectivity index (χ1v) is 8.07. The van der Waals surface area contributed by atoms with Gasteiger partial charge < -0.3 is 15.5 Å². The molecule has 0 spiro atoms. The number of piperidine rings is 1. The van der Waals surface area contributed by atoms with Crippen LogP contribution in [0.5, 0.6) is 0 Å². The summed E-state index contributed by atoms with van der Waals surface area (Å²) in [4.78, 5) is 20.9. The smallest absolute Gasteiger partial charge is 0.257 e. The summed E-state index contributed by atoms with van der Waals surface area (Å²) >= 11 is 3.40. The van der Waals surface area contributed by atoms with Gasteiger partial charge in [-0.2, -0.15) is 0 Å². The molecule has 0 aromatic carbocycles. The number of anilines is 1. The summed E-state index contributed by atoms with van der Waals surface area (Å²) in [5.41, 5.74) is 6.60. The topological polar surface area (TPSA) is 62.5 Å². The molecule has 2 heterocycles. The number of hydrogen-bond donors (Lipinski definition) is 1. The molecule has 8 heteroatoms. The fourth-order valence-corrected chi connectivity index (χ4v) is 3.08. The van der Waals surface area contributed by atoms with Crippen molar-refractivity contribution in [3.8, 4) is 0 Å². The third-order valence-electron chi connectivity index (χ3n) is 4.06. The monoisotopic (exact) mass is 426 g/mol. The van der Waals surface area contributed by atoms with Crippen LogP contribution in [0.3, 0.4) is 0 Å². The molecule has 132 valence electrons. The average molecular weight is 428 g/mol. The number of nitrogens with zero attached hydrogens (tertiary/aromatic N) is 3. The maximum absolute atomic E-state index is 12.8. The Labute approximate surface area is 158 Å². The second kappa shape index (κ2) is 9.67. The molecule has 1 aromatic rings. The van der Waals surface area contributed by atoms with Crippen LogP contribution in [0.15, 0.2) is 16.7 Å². The second-order valence-corrected chi connectivity index (χ2v) is 6.82. The number of amides is 1. The number of nitrogens with two attached hydrogens (primary N) is 1. The Morgan fingerprint density at radius 1 is 1.39 bits per heavy atom. The normalized spacial score (nSPS) is 16.1. The third kappa shape index (κ3) is 5.48. The number of likely N-dealkylation sites (tertiary alicyclic amines) is 1. The van der Waals surface area contributed by atoms with Gasteiger partial charge in [-0.05, 0) is 47.7 Å². The van der Waals surface area contributed by atoms with Gasteiger partial charge in [0.25, 0.3) is 5.91 Å². The average Bonchev–Trinajstić information content (AvgIpc) is 2.46. The molecule has 1 aromatic heterocycles. The summed E-state index contributed by atoms with van der Waals surface area (Å²) < 4.78 is 0.821. The van der Waals surface area contributed by atoms with E-state index in [0.717, 1.165) is 30.4 Å². The summed E-state index contributed by atoms with van der Waals surface area (Å²) in [6.07, 6.45) is 3.67. The Bertz CT molecular complexity index is 520. The summed E-state index contributed by atoms with van der Waals surface area (Å²) in [7, 11) is 3.80. The molecule has 0 radical (unpaired) electrons. The number of rotatable bonds is 3. The lowest BCUT2D eigenvalue weighted by atomic mass is 9.90. The predicted molar refractivity (Wildman–Crippen MR) is 103 cm³/mol. The van der Waals surface area contributed by atoms with Gasteiger partial charge in [-0.3, -0.25) is 4.79 Å². The first kappa shape index (κ1) is 22.4. The summed E-state index contributed by atoms with van der Waals surface area (Å²) in [5.74, 6) is 1.27. The van der Waals surface area contributed by atoms with Gasteiger partial charge >= 0.3 is 0 Å². The van der Waals surface area contributed by atoms with E-state index < -0.39 is 0 Å². The van der Waals surface area contributed by atoms with Gasteiger partial charge in [-0.25, -0.2) is 4.98 Å². The number of carbonyl (C=O) groups is 1. The lowest BCUT2D eigenvalue weighted by molar-refractivity contribution is 0.0681. The van der Waals surface area contributed by atoms with Gasteiger partial charge in [0.05, 0.1) is 5.56 Å². The van der Waals surface area contributed by atoms with E-state index in [1.165, 1.54) is 0 Å². The van der Waals surface area contributed by atoms with Gasteiger partial charge in [0.15, 0.2) is 0 Å². The standard InChI is InChI=1S/C15H23BrN4O.2ClH/c1-10(17)11-4-6-20(7-5-11)15(21)13-8-12(16)9-18-14(13)19(2)3;;/h8-11H,4-7,17H2,1-3H3;2*1H. The van der Waals surface area contributed by atoms with Crippen LogP contribution in [0.2, 0.25) is 0 Å². The van der Waals surface area contributed by atoms with Crippen LogP contribution in [0.1, 0.15) is 30.1 Å². The highest BCUT2D eigenvalue weighted by atomic mass is 79.9. The van der Waals surface area contributed by atoms with E-state index in [-0.39, 0.29) is 36.8 Å². The Balaban J connectivity index is 0.00000242. The molecule has 0 aliphatic carbocycles. The van der Waals surface area contributed by atoms with Gasteiger partial charge in [0.1, 0.15) is 5.82 Å². The first-order valence-electron chi connectivity index (χ1n) is 7.28. The van der Waals surface area contributed by atoms with Crippen molar-refractivity contribution in [3.63, 3.8) is 0 Å². The van der Waals surface area contributed by atoms with E-state index in [1.54, 1.807) is 6.20 Å². The van der Waals surface area contributed by atoms with E-state index in [9.17, 15) is 4.79 Å². The Morgan fingerprint density at radius 2 is 1.96 bits per heavy atom. The number of halogens is 3. The van der Waals surface area contributed by atoms with Crippen LogP contribution in [-0.4, -0.2) is 49.0 Å². The van der Waals surface area contributed by atoms with Crippen LogP contribution >= 0.6 is 40.7 Å². The molecule has 0 bridgehead atoms. The summed E-state index contributed by atoms with van der Waals surface area (Å²) in [6.45, 7) is 3.58. The molecule has 2 N–H and O–H groups in total. The van der Waals surface area contributed by atoms with Crippen molar-refractivity contribution in [3.05, 3.63) is 22.3 Å². The van der Waals surface area contributed by atoms with Crippen LogP contribution in [0, 0.1) is 5.92 Å². The highest BCUT2D eigenvalue weighted by Gasteiger charge is 2.27. The largest absolute Gasteiger partial charge is 0.362 e. The first-order chi connectivity index (χ1) is 9.90. The van der Waals surface area contributed by atoms with Crippen molar-refractivity contribution in [1.29, 1.82) is 0 Å². The third-order valence-corrected chi connectivity index (χ3v) is 4.49. The van der Waals surface area contributed by atoms with Crippen molar-refractivity contribution in [2.75, 3.05) is 32.1 Å². The molecule has 2 rings (SSSR count). The SMILES string of the molecule is CC(N)C1CCN(C(=O)c2cc(Br)cnc2N(C)C)CC1.Cl.Cl. The number of aromatic nitrogens is 1. The van der Waals surface area contributed by atoms with Gasteiger partial charge in [0.2, 0.25) is 0 Å². The molecule has 1 amide bonds. The molecule has 0 saturated carbocycles. The zero-order valence-corrected chi connectivity index (χ0v) is 16.9. The Hall–Kier alpha value is -0.560. The van der Waals surface area contributed by atoms with Crippen molar-refractivity contribution in [2.24, 2.45) is 11.7 Å². The predicted octanol–water partition coefficient (Wildman–Crippen LogP) is 2.95. The van der Waals surface area contributed by atoms with Gasteiger partial charge in [-0.15, -0.1) is 24.8 Å². The van der Waals surface area contributed by atoms with Crippen molar-refractivity contribution < 1.29 is 4.79 Å². The fourth-order valence-electron chi connectivity index (χ4n) is 2.74. The van der Waals surface area contributed by atoms with Gasteiger partial charge in [-0.1, -0.05) is 0 Å². The number of carbonyl (C=O) groups excluding carboxylic acids is 1. The van der Waals surface area contributed by atoms with Crippen LogP contribution in [-0.2, 0) is 0 Å². The summed E-state index contributed by atoms with van der Waals surface area (Å²) in [5, 5.41) is 0. The Kier molecular flexibility index (Phi) is 9.43. The lowest BCUT2D eigenvalue weighted by Crippen LogP contribution is -2.42. The highest BCUT2D eigenvalue weighted by molar-refractivity contribution is 9.10. The molecule has 23 heavy (non-hydrogen) atoms. The molecule has 1 aliphatic rings. The van der Waals surface area contributed by atoms with E-state index in [0.29, 0.717) is 17.3 Å². The second-order valence-electron chi connectivity index (χ2n) is 5.91. The maximum Gasteiger partial charge on any atom is 0.257 e. The maximum atomic E-state index is 12.8. The molecular weight excluding hydrogens is 403 g/mol. The van der Waals surface area contributed by atoms with Crippen molar-refractivity contribution in [2.45, 2.75) is 25.8 Å². The molecule has 1 atom stereocenters. The molecule has 1 aliphatic heterocycles. The van der Waals surface area contributed by atoms with E-state index in [4.69, 9.17) is 5.73 Å². The number of hydrogen-bond acceptors (Lipinski definition) is 4. The molecule has 1 saturated heterocycles. The Morgan fingerprint density at radius 3 is 2.43 bits per heavy atom. The van der Waals surface area contributed by atoms with E-state index in [1.807, 2.05) is 36.9 Å². The van der Waals surface area contributed by atoms with Crippen LogP contribution in [0.4, 0.5) is 5.82 Å². The van der Waals surface area contributed by atoms with Crippen LogP contribution < -0.4 is 10.6 Å². The van der Waals surface area contributed by atoms with Crippen LogP contribution in [0.25, 0.3) is 0 Å². The molecule has 1 fully saturated rings.